The van der Waals surface area contributed by atoms with Gasteiger partial charge in [0.2, 0.25) is 5.91 Å². The lowest BCUT2D eigenvalue weighted by Crippen LogP contribution is -2.28. The lowest BCUT2D eigenvalue weighted by molar-refractivity contribution is -0.144. The van der Waals surface area contributed by atoms with Crippen LogP contribution in [0.5, 0.6) is 0 Å². The molecule has 2 rings (SSSR count). The first-order chi connectivity index (χ1) is 17.8. The Bertz CT molecular complexity index is 1150. The summed E-state index contributed by atoms with van der Waals surface area (Å²) in [5.41, 5.74) is -1.81. The SMILES string of the molecule is C[C@@H](c1cc(C(F)(F)F)cc(C(F)(F)F)c1)N(C)C(=O)O.C[C@H](C(N)=O)c1cc(C(F)(F)F)cc(C(F)(F)F)c1. The lowest BCUT2D eigenvalue weighted by Gasteiger charge is -2.24. The van der Waals surface area contributed by atoms with Gasteiger partial charge in [0.25, 0.3) is 0 Å². The number of primary amides is 1. The quantitative estimate of drug-likeness (QED) is 0.353. The van der Waals surface area contributed by atoms with Crippen molar-refractivity contribution in [1.82, 2.24) is 4.90 Å². The van der Waals surface area contributed by atoms with Crippen molar-refractivity contribution in [2.45, 2.75) is 50.5 Å². The summed E-state index contributed by atoms with van der Waals surface area (Å²) in [6.45, 7) is 2.34. The van der Waals surface area contributed by atoms with E-state index in [4.69, 9.17) is 10.8 Å². The highest BCUT2D eigenvalue weighted by Crippen LogP contribution is 2.39. The smallest absolute Gasteiger partial charge is 0.416 e. The summed E-state index contributed by atoms with van der Waals surface area (Å²) in [5.74, 6) is -2.25. The first-order valence-electron chi connectivity index (χ1n) is 10.6. The summed E-state index contributed by atoms with van der Waals surface area (Å²) >= 11 is 0. The van der Waals surface area contributed by atoms with E-state index in [1.807, 2.05) is 0 Å². The summed E-state index contributed by atoms with van der Waals surface area (Å²) in [7, 11) is 1.06. The van der Waals surface area contributed by atoms with Gasteiger partial charge in [-0.25, -0.2) is 4.79 Å². The van der Waals surface area contributed by atoms with Crippen molar-refractivity contribution in [1.29, 1.82) is 0 Å². The molecule has 0 saturated carbocycles. The van der Waals surface area contributed by atoms with Crippen LogP contribution in [-0.2, 0) is 29.5 Å². The van der Waals surface area contributed by atoms with Gasteiger partial charge in [0, 0.05) is 7.05 Å². The number of rotatable bonds is 4. The molecule has 0 radical (unpaired) electrons. The molecule has 0 heterocycles. The van der Waals surface area contributed by atoms with Crippen LogP contribution in [0.4, 0.5) is 57.5 Å². The van der Waals surface area contributed by atoms with E-state index in [9.17, 15) is 62.3 Å². The highest BCUT2D eigenvalue weighted by molar-refractivity contribution is 5.81. The van der Waals surface area contributed by atoms with Crippen molar-refractivity contribution >= 4 is 12.0 Å². The Kier molecular flexibility index (Phi) is 10.2. The first-order valence-corrected chi connectivity index (χ1v) is 10.6. The number of amides is 2. The van der Waals surface area contributed by atoms with Crippen LogP contribution in [0, 0.1) is 0 Å². The molecule has 2 aromatic carbocycles. The number of hydrogen-bond acceptors (Lipinski definition) is 2. The molecule has 3 N–H and O–H groups in total. The highest BCUT2D eigenvalue weighted by atomic mass is 19.4. The lowest BCUT2D eigenvalue weighted by atomic mass is 9.95. The second-order valence-corrected chi connectivity index (χ2v) is 8.37. The summed E-state index contributed by atoms with van der Waals surface area (Å²) < 4.78 is 151. The molecule has 2 amide bonds. The van der Waals surface area contributed by atoms with Gasteiger partial charge in [-0.3, -0.25) is 4.79 Å². The summed E-state index contributed by atoms with van der Waals surface area (Å²) in [5, 5.41) is 8.75. The molecule has 2 atom stereocenters. The third-order valence-corrected chi connectivity index (χ3v) is 5.51. The minimum Gasteiger partial charge on any atom is -0.465 e. The van der Waals surface area contributed by atoms with Gasteiger partial charge in [-0.1, -0.05) is 0 Å². The molecule has 2 aromatic rings. The second kappa shape index (κ2) is 11.8. The van der Waals surface area contributed by atoms with Crippen molar-refractivity contribution < 1.29 is 67.4 Å². The Morgan fingerprint density at radius 2 is 0.925 bits per heavy atom. The van der Waals surface area contributed by atoms with Crippen LogP contribution in [0.25, 0.3) is 0 Å². The van der Waals surface area contributed by atoms with Crippen LogP contribution in [0.15, 0.2) is 36.4 Å². The van der Waals surface area contributed by atoms with Gasteiger partial charge in [-0.05, 0) is 61.4 Å². The molecule has 224 valence electrons. The molecule has 17 heteroatoms. The van der Waals surface area contributed by atoms with Gasteiger partial charge in [0.05, 0.1) is 34.2 Å². The van der Waals surface area contributed by atoms with Crippen molar-refractivity contribution in [2.75, 3.05) is 7.05 Å². The maximum absolute atomic E-state index is 12.7. The third-order valence-electron chi connectivity index (χ3n) is 5.51. The van der Waals surface area contributed by atoms with Gasteiger partial charge in [-0.15, -0.1) is 0 Å². The number of hydrogen-bond donors (Lipinski definition) is 2. The average Bonchev–Trinajstić information content (AvgIpc) is 2.80. The van der Waals surface area contributed by atoms with Crippen LogP contribution < -0.4 is 5.73 Å². The second-order valence-electron chi connectivity index (χ2n) is 8.37. The van der Waals surface area contributed by atoms with E-state index in [0.29, 0.717) is 29.2 Å². The number of benzene rings is 2. The third kappa shape index (κ3) is 9.22. The normalized spacial score (nSPS) is 14.1. The van der Waals surface area contributed by atoms with Crippen molar-refractivity contribution in [3.8, 4) is 0 Å². The fourth-order valence-corrected chi connectivity index (χ4v) is 3.00. The van der Waals surface area contributed by atoms with E-state index in [2.05, 4.69) is 0 Å². The molecule has 0 aliphatic heterocycles. The molecule has 5 nitrogen and oxygen atoms in total. The molecule has 0 bridgehead atoms. The molecule has 0 aliphatic rings. The number of carbonyl (C=O) groups excluding carboxylic acids is 1. The van der Waals surface area contributed by atoms with E-state index < -0.39 is 76.5 Å². The van der Waals surface area contributed by atoms with Crippen LogP contribution in [-0.4, -0.2) is 29.1 Å². The zero-order valence-electron chi connectivity index (χ0n) is 20.4. The van der Waals surface area contributed by atoms with E-state index in [-0.39, 0.29) is 17.7 Å². The fraction of sp³-hybridized carbons (Fsp3) is 0.391. The molecule has 0 aromatic heterocycles. The van der Waals surface area contributed by atoms with Crippen LogP contribution in [0.2, 0.25) is 0 Å². The van der Waals surface area contributed by atoms with Gasteiger partial charge in [0.1, 0.15) is 0 Å². The minimum absolute atomic E-state index is 0.00276. The highest BCUT2D eigenvalue weighted by Gasteiger charge is 2.39. The number of carbonyl (C=O) groups is 2. The van der Waals surface area contributed by atoms with Gasteiger partial charge < -0.3 is 15.7 Å². The summed E-state index contributed by atoms with van der Waals surface area (Å²) in [6.07, 6.45) is -21.3. The van der Waals surface area contributed by atoms with Crippen LogP contribution in [0.3, 0.4) is 0 Å². The van der Waals surface area contributed by atoms with Crippen LogP contribution in [0.1, 0.15) is 59.2 Å². The van der Waals surface area contributed by atoms with Gasteiger partial charge >= 0.3 is 30.8 Å². The number of carboxylic acid groups (broad SMARTS) is 1. The van der Waals surface area contributed by atoms with Crippen LogP contribution >= 0.6 is 0 Å². The molecular formula is C23H20F12N2O3. The Hall–Kier alpha value is -3.66. The summed E-state index contributed by atoms with van der Waals surface area (Å²) in [4.78, 5) is 22.3. The van der Waals surface area contributed by atoms with Crippen molar-refractivity contribution in [3.05, 3.63) is 69.8 Å². The number of nitrogens with two attached hydrogens (primary N) is 1. The minimum atomic E-state index is -4.96. The summed E-state index contributed by atoms with van der Waals surface area (Å²) in [6, 6.07) is 0.841. The van der Waals surface area contributed by atoms with Gasteiger partial charge in [-0.2, -0.15) is 52.7 Å². The Labute approximate surface area is 218 Å². The largest absolute Gasteiger partial charge is 0.465 e. The Balaban J connectivity index is 0.000000402. The zero-order valence-corrected chi connectivity index (χ0v) is 20.4. The number of nitrogens with zero attached hydrogens (tertiary/aromatic N) is 1. The maximum atomic E-state index is 12.7. The fourth-order valence-electron chi connectivity index (χ4n) is 3.00. The predicted molar refractivity (Wildman–Crippen MR) is 115 cm³/mol. The molecule has 40 heavy (non-hydrogen) atoms. The van der Waals surface area contributed by atoms with Gasteiger partial charge in [0.15, 0.2) is 0 Å². The Morgan fingerprint density at radius 3 is 1.15 bits per heavy atom. The number of alkyl halides is 12. The molecular weight excluding hydrogens is 580 g/mol. The predicted octanol–water partition coefficient (Wildman–Crippen LogP) is 7.71. The standard InChI is InChI=1S/C12H11F6NO2.C11H9F6NO/c1-6(19(2)10(20)21)7-3-8(11(13,14)15)5-9(4-7)12(16,17)18;1-5(9(18)19)6-2-7(10(12,13)14)4-8(3-6)11(15,16)17/h3-6H,1-2H3,(H,20,21);2-5H,1H3,(H2,18,19)/t6-;5-/m00/s1. The van der Waals surface area contributed by atoms with Crippen molar-refractivity contribution in [2.24, 2.45) is 5.73 Å². The topological polar surface area (TPSA) is 83.6 Å². The molecule has 0 fully saturated rings. The Morgan fingerprint density at radius 1 is 0.650 bits per heavy atom. The molecule has 0 unspecified atom stereocenters. The zero-order chi connectivity index (χ0) is 31.6. The van der Waals surface area contributed by atoms with E-state index in [1.165, 1.54) is 6.92 Å². The van der Waals surface area contributed by atoms with Crippen molar-refractivity contribution in [3.63, 3.8) is 0 Å². The maximum Gasteiger partial charge on any atom is 0.416 e. The monoisotopic (exact) mass is 600 g/mol. The average molecular weight is 600 g/mol. The van der Waals surface area contributed by atoms with E-state index in [1.54, 1.807) is 0 Å². The molecule has 0 saturated heterocycles. The molecule has 0 aliphatic carbocycles. The molecule has 0 spiro atoms. The number of halogens is 12. The first kappa shape index (κ1) is 34.4. The van der Waals surface area contributed by atoms with E-state index >= 15 is 0 Å². The van der Waals surface area contributed by atoms with E-state index in [0.717, 1.165) is 14.0 Å².